The lowest BCUT2D eigenvalue weighted by molar-refractivity contribution is 0.171. The van der Waals surface area contributed by atoms with Crippen molar-refractivity contribution in [3.63, 3.8) is 0 Å². The molecule has 3 aromatic rings. The number of hydrogen-bond acceptors (Lipinski definition) is 4. The highest BCUT2D eigenvalue weighted by molar-refractivity contribution is 5.37. The van der Waals surface area contributed by atoms with Crippen molar-refractivity contribution in [3.05, 3.63) is 60.0 Å². The maximum atomic E-state index is 6.02. The zero-order valence-electron chi connectivity index (χ0n) is 15.3. The maximum absolute atomic E-state index is 6.02. The molecule has 1 aliphatic rings. The van der Waals surface area contributed by atoms with Crippen molar-refractivity contribution < 1.29 is 4.74 Å². The molecule has 0 atom stereocenters. The normalized spacial score (nSPS) is 16.2. The Hall–Kier alpha value is -2.40. The van der Waals surface area contributed by atoms with Gasteiger partial charge in [0.25, 0.3) is 0 Å². The van der Waals surface area contributed by atoms with E-state index in [0.717, 1.165) is 62.7 Å². The van der Waals surface area contributed by atoms with Crippen molar-refractivity contribution in [3.8, 4) is 5.75 Å². The van der Waals surface area contributed by atoms with E-state index >= 15 is 0 Å². The molecular formula is C21H26N4O. The molecule has 26 heavy (non-hydrogen) atoms. The summed E-state index contributed by atoms with van der Waals surface area (Å²) in [5.41, 5.74) is 2.22. The fourth-order valence-corrected chi connectivity index (χ4v) is 3.77. The van der Waals surface area contributed by atoms with Crippen LogP contribution in [0.25, 0.3) is 5.65 Å². The third kappa shape index (κ3) is 3.58. The van der Waals surface area contributed by atoms with Crippen LogP contribution in [0.15, 0.2) is 48.7 Å². The second-order valence-corrected chi connectivity index (χ2v) is 6.91. The van der Waals surface area contributed by atoms with Crippen LogP contribution in [-0.2, 0) is 6.42 Å². The second kappa shape index (κ2) is 7.87. The van der Waals surface area contributed by atoms with Gasteiger partial charge >= 0.3 is 0 Å². The Balaban J connectivity index is 1.29. The number of benzene rings is 1. The smallest absolute Gasteiger partial charge is 0.160 e. The van der Waals surface area contributed by atoms with E-state index in [4.69, 9.17) is 4.74 Å². The average Bonchev–Trinajstić information content (AvgIpc) is 3.13. The minimum atomic E-state index is 0.491. The van der Waals surface area contributed by atoms with Gasteiger partial charge in [0, 0.05) is 18.7 Å². The summed E-state index contributed by atoms with van der Waals surface area (Å²) >= 11 is 0. The molecule has 1 aliphatic heterocycles. The highest BCUT2D eigenvalue weighted by atomic mass is 16.5. The third-order valence-electron chi connectivity index (χ3n) is 5.31. The number of likely N-dealkylation sites (tertiary alicyclic amines) is 1. The summed E-state index contributed by atoms with van der Waals surface area (Å²) in [4.78, 5) is 2.49. The Morgan fingerprint density at radius 1 is 1.04 bits per heavy atom. The zero-order chi connectivity index (χ0) is 17.8. The van der Waals surface area contributed by atoms with E-state index in [2.05, 4.69) is 50.8 Å². The van der Waals surface area contributed by atoms with E-state index in [-0.39, 0.29) is 0 Å². The van der Waals surface area contributed by atoms with Crippen molar-refractivity contribution in [1.29, 1.82) is 0 Å². The van der Waals surface area contributed by atoms with Gasteiger partial charge in [-0.2, -0.15) is 0 Å². The molecule has 0 N–H and O–H groups in total. The lowest BCUT2D eigenvalue weighted by Gasteiger charge is -2.31. The van der Waals surface area contributed by atoms with Crippen molar-refractivity contribution in [2.75, 3.05) is 26.2 Å². The Kier molecular flexibility index (Phi) is 5.16. The van der Waals surface area contributed by atoms with Gasteiger partial charge < -0.3 is 4.74 Å². The number of pyridine rings is 1. The van der Waals surface area contributed by atoms with E-state index in [1.807, 2.05) is 24.3 Å². The number of para-hydroxylation sites is 1. The summed E-state index contributed by atoms with van der Waals surface area (Å²) in [6.45, 7) is 6.07. The maximum Gasteiger partial charge on any atom is 0.160 e. The van der Waals surface area contributed by atoms with E-state index in [1.165, 1.54) is 5.56 Å². The summed E-state index contributed by atoms with van der Waals surface area (Å²) in [5.74, 6) is 2.62. The van der Waals surface area contributed by atoms with Crippen molar-refractivity contribution in [2.45, 2.75) is 32.1 Å². The SMILES string of the molecule is CCc1ccccc1OCCN1CCC(c2nnc3ccccn23)CC1. The quantitative estimate of drug-likeness (QED) is 0.682. The Labute approximate surface area is 154 Å². The van der Waals surface area contributed by atoms with Gasteiger partial charge in [-0.05, 0) is 56.1 Å². The summed E-state index contributed by atoms with van der Waals surface area (Å²) < 4.78 is 8.15. The first kappa shape index (κ1) is 17.0. The van der Waals surface area contributed by atoms with Gasteiger partial charge in [-0.15, -0.1) is 10.2 Å². The van der Waals surface area contributed by atoms with Gasteiger partial charge in [-0.1, -0.05) is 31.2 Å². The number of aryl methyl sites for hydroxylation is 1. The lowest BCUT2D eigenvalue weighted by Crippen LogP contribution is -2.36. The van der Waals surface area contributed by atoms with Gasteiger partial charge in [-0.3, -0.25) is 9.30 Å². The van der Waals surface area contributed by atoms with Crippen LogP contribution in [0.4, 0.5) is 0 Å². The van der Waals surface area contributed by atoms with Crippen LogP contribution in [0.5, 0.6) is 5.75 Å². The van der Waals surface area contributed by atoms with Crippen LogP contribution < -0.4 is 4.74 Å². The minimum absolute atomic E-state index is 0.491. The summed E-state index contributed by atoms with van der Waals surface area (Å²) in [7, 11) is 0. The lowest BCUT2D eigenvalue weighted by atomic mass is 9.96. The Morgan fingerprint density at radius 3 is 2.69 bits per heavy atom. The van der Waals surface area contributed by atoms with Crippen LogP contribution in [0, 0.1) is 0 Å². The van der Waals surface area contributed by atoms with Crippen molar-refractivity contribution in [2.24, 2.45) is 0 Å². The second-order valence-electron chi connectivity index (χ2n) is 6.91. The molecule has 136 valence electrons. The zero-order valence-corrected chi connectivity index (χ0v) is 15.3. The number of nitrogens with zero attached hydrogens (tertiary/aromatic N) is 4. The first-order valence-corrected chi connectivity index (χ1v) is 9.58. The molecule has 1 aromatic carbocycles. The monoisotopic (exact) mass is 350 g/mol. The molecule has 5 heteroatoms. The molecule has 0 amide bonds. The van der Waals surface area contributed by atoms with Gasteiger partial charge in [0.15, 0.2) is 5.65 Å². The first-order valence-electron chi connectivity index (χ1n) is 9.58. The molecule has 0 aliphatic carbocycles. The van der Waals surface area contributed by atoms with Gasteiger partial charge in [0.05, 0.1) is 0 Å². The Bertz CT molecular complexity index is 852. The predicted octanol–water partition coefficient (Wildman–Crippen LogP) is 3.55. The van der Waals surface area contributed by atoms with E-state index in [1.54, 1.807) is 0 Å². The molecule has 0 bridgehead atoms. The molecule has 1 fully saturated rings. The largest absolute Gasteiger partial charge is 0.492 e. The highest BCUT2D eigenvalue weighted by Crippen LogP contribution is 2.27. The first-order chi connectivity index (χ1) is 12.8. The van der Waals surface area contributed by atoms with Crippen LogP contribution in [0.2, 0.25) is 0 Å². The molecule has 0 radical (unpaired) electrons. The van der Waals surface area contributed by atoms with Crippen LogP contribution in [0.1, 0.15) is 37.1 Å². The van der Waals surface area contributed by atoms with Gasteiger partial charge in [0.2, 0.25) is 0 Å². The highest BCUT2D eigenvalue weighted by Gasteiger charge is 2.24. The number of rotatable bonds is 6. The van der Waals surface area contributed by atoms with Gasteiger partial charge in [0.1, 0.15) is 18.2 Å². The number of hydrogen-bond donors (Lipinski definition) is 0. The summed E-state index contributed by atoms with van der Waals surface area (Å²) in [6, 6.07) is 14.4. The van der Waals surface area contributed by atoms with E-state index < -0.39 is 0 Å². The average molecular weight is 350 g/mol. The molecular weight excluding hydrogens is 324 g/mol. The molecule has 5 nitrogen and oxygen atoms in total. The van der Waals surface area contributed by atoms with Crippen LogP contribution in [0.3, 0.4) is 0 Å². The standard InChI is InChI=1S/C21H26N4O/c1-2-17-7-3-4-8-19(17)26-16-15-24-13-10-18(11-14-24)21-23-22-20-9-5-6-12-25(20)21/h3-9,12,18H,2,10-11,13-16H2,1H3. The van der Waals surface area contributed by atoms with E-state index in [0.29, 0.717) is 5.92 Å². The molecule has 0 spiro atoms. The number of aromatic nitrogens is 3. The number of ether oxygens (including phenoxy) is 1. The van der Waals surface area contributed by atoms with Crippen molar-refractivity contribution in [1.82, 2.24) is 19.5 Å². The fourth-order valence-electron chi connectivity index (χ4n) is 3.77. The molecule has 0 saturated carbocycles. The summed E-state index contributed by atoms with van der Waals surface area (Å²) in [6.07, 6.45) is 5.33. The molecule has 1 saturated heterocycles. The Morgan fingerprint density at radius 2 is 1.85 bits per heavy atom. The topological polar surface area (TPSA) is 42.7 Å². The molecule has 4 rings (SSSR count). The minimum Gasteiger partial charge on any atom is -0.492 e. The van der Waals surface area contributed by atoms with Crippen LogP contribution in [-0.4, -0.2) is 45.7 Å². The number of fused-ring (bicyclic) bond motifs is 1. The number of piperidine rings is 1. The fraction of sp³-hybridized carbons (Fsp3) is 0.429. The van der Waals surface area contributed by atoms with Crippen molar-refractivity contribution >= 4 is 5.65 Å². The molecule has 0 unspecified atom stereocenters. The van der Waals surface area contributed by atoms with E-state index in [9.17, 15) is 0 Å². The molecule has 2 aromatic heterocycles. The predicted molar refractivity (Wildman–Crippen MR) is 103 cm³/mol. The molecule has 3 heterocycles. The third-order valence-corrected chi connectivity index (χ3v) is 5.31. The van der Waals surface area contributed by atoms with Gasteiger partial charge in [-0.25, -0.2) is 0 Å². The summed E-state index contributed by atoms with van der Waals surface area (Å²) in [5, 5.41) is 8.73. The van der Waals surface area contributed by atoms with Crippen LogP contribution >= 0.6 is 0 Å².